The minimum atomic E-state index is -0.230. The van der Waals surface area contributed by atoms with Crippen LogP contribution in [0.25, 0.3) is 5.69 Å². The number of amides is 1. The predicted octanol–water partition coefficient (Wildman–Crippen LogP) is 7.30. The van der Waals surface area contributed by atoms with Gasteiger partial charge in [-0.1, -0.05) is 36.4 Å². The third-order valence-electron chi connectivity index (χ3n) is 8.03. The first-order valence-corrected chi connectivity index (χ1v) is 15.1. The Balaban J connectivity index is 1.32. The van der Waals surface area contributed by atoms with Crippen LogP contribution in [0.2, 0.25) is 0 Å². The van der Waals surface area contributed by atoms with E-state index in [1.54, 1.807) is 0 Å². The summed E-state index contributed by atoms with van der Waals surface area (Å²) in [6, 6.07) is 31.5. The Morgan fingerprint density at radius 1 is 0.932 bits per heavy atom. The van der Waals surface area contributed by atoms with E-state index in [9.17, 15) is 4.79 Å². The lowest BCUT2D eigenvalue weighted by atomic mass is 9.96. The molecule has 0 bridgehead atoms. The van der Waals surface area contributed by atoms with E-state index in [-0.39, 0.29) is 24.6 Å². The van der Waals surface area contributed by atoms with Gasteiger partial charge in [0.25, 0.3) is 5.91 Å². The van der Waals surface area contributed by atoms with Crippen molar-refractivity contribution < 1.29 is 9.53 Å². The predicted molar refractivity (Wildman–Crippen MR) is 180 cm³/mol. The number of hydrogen-bond donors (Lipinski definition) is 2. The van der Waals surface area contributed by atoms with E-state index >= 15 is 0 Å². The molecule has 222 valence electrons. The molecule has 1 saturated heterocycles. The van der Waals surface area contributed by atoms with Crippen molar-refractivity contribution in [3.05, 3.63) is 137 Å². The van der Waals surface area contributed by atoms with Gasteiger partial charge in [-0.2, -0.15) is 0 Å². The quantitative estimate of drug-likeness (QED) is 0.182. The molecule has 3 aromatic carbocycles. The van der Waals surface area contributed by atoms with Gasteiger partial charge >= 0.3 is 0 Å². The van der Waals surface area contributed by atoms with E-state index in [1.165, 1.54) is 22.4 Å². The van der Waals surface area contributed by atoms with Gasteiger partial charge in [0.1, 0.15) is 5.75 Å². The van der Waals surface area contributed by atoms with Crippen molar-refractivity contribution in [2.75, 3.05) is 16.8 Å². The average molecular weight is 602 g/mol. The molecular formula is C36H35N5O2S. The summed E-state index contributed by atoms with van der Waals surface area (Å²) in [6.07, 6.45) is 1.82. The number of nitrogens with zero attached hydrogens (tertiary/aromatic N) is 3. The van der Waals surface area contributed by atoms with Crippen LogP contribution in [0, 0.1) is 27.7 Å². The van der Waals surface area contributed by atoms with Crippen molar-refractivity contribution in [3.63, 3.8) is 0 Å². The van der Waals surface area contributed by atoms with E-state index in [4.69, 9.17) is 21.9 Å². The van der Waals surface area contributed by atoms with Crippen LogP contribution >= 0.6 is 12.2 Å². The number of para-hydroxylation sites is 1. The van der Waals surface area contributed by atoms with Gasteiger partial charge in [0.15, 0.2) is 11.7 Å². The third-order valence-corrected chi connectivity index (χ3v) is 8.35. The number of pyridine rings is 1. The monoisotopic (exact) mass is 601 g/mol. The molecule has 5 aromatic rings. The number of rotatable bonds is 8. The molecule has 3 heterocycles. The summed E-state index contributed by atoms with van der Waals surface area (Å²) in [4.78, 5) is 19.4. The number of benzene rings is 3. The zero-order valence-corrected chi connectivity index (χ0v) is 26.1. The number of carbonyl (C=O) groups excluding carboxylic acids is 1. The van der Waals surface area contributed by atoms with Gasteiger partial charge in [-0.05, 0) is 117 Å². The highest BCUT2D eigenvalue weighted by molar-refractivity contribution is 7.80. The third kappa shape index (κ3) is 5.81. The van der Waals surface area contributed by atoms with E-state index in [0.717, 1.165) is 22.8 Å². The maximum atomic E-state index is 12.6. The Morgan fingerprint density at radius 3 is 2.41 bits per heavy atom. The van der Waals surface area contributed by atoms with E-state index in [1.807, 2.05) is 79.0 Å². The molecular weight excluding hydrogens is 566 g/mol. The highest BCUT2D eigenvalue weighted by Crippen LogP contribution is 2.44. The first kappa shape index (κ1) is 29.1. The summed E-state index contributed by atoms with van der Waals surface area (Å²) in [5, 5.41) is 7.10. The molecule has 0 spiro atoms. The summed E-state index contributed by atoms with van der Waals surface area (Å²) < 4.78 is 7.93. The van der Waals surface area contributed by atoms with E-state index in [2.05, 4.69) is 72.1 Å². The van der Waals surface area contributed by atoms with Crippen molar-refractivity contribution in [1.82, 2.24) is 14.9 Å². The molecule has 0 aliphatic carbocycles. The van der Waals surface area contributed by atoms with Gasteiger partial charge < -0.3 is 24.8 Å². The summed E-state index contributed by atoms with van der Waals surface area (Å²) in [7, 11) is 0. The Morgan fingerprint density at radius 2 is 1.68 bits per heavy atom. The van der Waals surface area contributed by atoms with Crippen LogP contribution in [0.1, 0.15) is 45.9 Å². The molecule has 2 atom stereocenters. The topological polar surface area (TPSA) is 71.4 Å². The number of hydrogen-bond acceptors (Lipinski definition) is 4. The molecule has 6 rings (SSSR count). The Labute approximate surface area is 263 Å². The second-order valence-corrected chi connectivity index (χ2v) is 11.5. The second kappa shape index (κ2) is 12.3. The maximum absolute atomic E-state index is 12.6. The van der Waals surface area contributed by atoms with E-state index in [0.29, 0.717) is 16.5 Å². The maximum Gasteiger partial charge on any atom is 0.262 e. The van der Waals surface area contributed by atoms with Gasteiger partial charge in [0.2, 0.25) is 0 Å². The van der Waals surface area contributed by atoms with Crippen molar-refractivity contribution in [3.8, 4) is 11.4 Å². The molecule has 8 heteroatoms. The summed E-state index contributed by atoms with van der Waals surface area (Å²) in [5.41, 5.74) is 9.60. The fourth-order valence-corrected chi connectivity index (χ4v) is 6.28. The molecule has 1 aliphatic rings. The fourth-order valence-electron chi connectivity index (χ4n) is 5.94. The molecule has 1 aliphatic heterocycles. The van der Waals surface area contributed by atoms with Crippen LogP contribution in [0.3, 0.4) is 0 Å². The van der Waals surface area contributed by atoms with Crippen LogP contribution in [0.4, 0.5) is 11.4 Å². The van der Waals surface area contributed by atoms with Crippen LogP contribution in [0.15, 0.2) is 103 Å². The minimum Gasteiger partial charge on any atom is -0.484 e. The summed E-state index contributed by atoms with van der Waals surface area (Å²) in [5.74, 6) is 0.422. The highest BCUT2D eigenvalue weighted by atomic mass is 32.1. The first-order valence-electron chi connectivity index (χ1n) is 14.6. The second-order valence-electron chi connectivity index (χ2n) is 11.1. The van der Waals surface area contributed by atoms with Gasteiger partial charge in [0.05, 0.1) is 17.8 Å². The fraction of sp³-hybridized carbons (Fsp3) is 0.194. The first-order chi connectivity index (χ1) is 21.3. The lowest BCUT2D eigenvalue weighted by Crippen LogP contribution is -2.29. The smallest absolute Gasteiger partial charge is 0.262 e. The average Bonchev–Trinajstić information content (AvgIpc) is 3.53. The molecule has 1 amide bonds. The van der Waals surface area contributed by atoms with Crippen LogP contribution in [-0.4, -0.2) is 27.2 Å². The van der Waals surface area contributed by atoms with Crippen molar-refractivity contribution >= 4 is 34.6 Å². The molecule has 2 N–H and O–H groups in total. The number of aromatic nitrogens is 2. The Kier molecular flexibility index (Phi) is 8.17. The molecule has 0 unspecified atom stereocenters. The lowest BCUT2D eigenvalue weighted by molar-refractivity contribution is -0.118. The zero-order valence-electron chi connectivity index (χ0n) is 25.2. The van der Waals surface area contributed by atoms with Crippen LogP contribution < -0.4 is 20.3 Å². The number of nitrogens with one attached hydrogen (secondary N) is 2. The number of aryl methyl sites for hydroxylation is 3. The Bertz CT molecular complexity index is 1800. The van der Waals surface area contributed by atoms with Crippen molar-refractivity contribution in [2.24, 2.45) is 0 Å². The van der Waals surface area contributed by atoms with E-state index < -0.39 is 0 Å². The number of ether oxygens (including phenoxy) is 1. The molecule has 44 heavy (non-hydrogen) atoms. The summed E-state index contributed by atoms with van der Waals surface area (Å²) >= 11 is 5.97. The zero-order chi connectivity index (χ0) is 30.8. The van der Waals surface area contributed by atoms with Crippen molar-refractivity contribution in [2.45, 2.75) is 39.8 Å². The number of carbonyl (C=O) groups is 1. The lowest BCUT2D eigenvalue weighted by Gasteiger charge is -2.28. The number of thiocarbonyl (C=S) groups is 1. The van der Waals surface area contributed by atoms with Gasteiger partial charge in [-0.25, -0.2) is 0 Å². The molecule has 2 aromatic heterocycles. The molecule has 0 saturated carbocycles. The SMILES string of the molecule is Cc1ccc(C)c(-n2c(C)cc([C@H]3[C@@H](c4ccccn4)NC(=S)N3c3ccc(NC(=O)COc4ccccc4)cc3)c2C)c1. The standard InChI is InChI=1S/C36H35N5O2S/c1-23-13-14-24(2)32(20-23)40-25(3)21-30(26(40)4)35-34(31-12-8-9-19-37-31)39-36(44)41(35)28-17-15-27(16-18-28)38-33(42)22-43-29-10-6-5-7-11-29/h5-21,34-35H,22H2,1-4H3,(H,38,42)(H,39,44)/t34-,35+/m1/s1. The molecule has 1 fully saturated rings. The molecule has 0 radical (unpaired) electrons. The Hall–Kier alpha value is -4.95. The highest BCUT2D eigenvalue weighted by Gasteiger charge is 2.42. The van der Waals surface area contributed by atoms with Crippen molar-refractivity contribution in [1.29, 1.82) is 0 Å². The summed E-state index contributed by atoms with van der Waals surface area (Å²) in [6.45, 7) is 8.53. The van der Waals surface area contributed by atoms with Crippen LogP contribution in [0.5, 0.6) is 5.75 Å². The number of anilines is 2. The largest absolute Gasteiger partial charge is 0.484 e. The minimum absolute atomic E-state index is 0.0737. The van der Waals surface area contributed by atoms with Gasteiger partial charge in [-0.3, -0.25) is 9.78 Å². The van der Waals surface area contributed by atoms with Gasteiger partial charge in [-0.15, -0.1) is 0 Å². The van der Waals surface area contributed by atoms with Crippen LogP contribution in [-0.2, 0) is 4.79 Å². The molecule has 7 nitrogen and oxygen atoms in total. The van der Waals surface area contributed by atoms with Gasteiger partial charge in [0, 0.05) is 34.6 Å². The normalized spacial score (nSPS) is 16.1.